The molecule has 2 amide bonds. The van der Waals surface area contributed by atoms with E-state index < -0.39 is 47.4 Å². The molecule has 11 heteroatoms. The van der Waals surface area contributed by atoms with Gasteiger partial charge < -0.3 is 19.7 Å². The van der Waals surface area contributed by atoms with Crippen molar-refractivity contribution in [1.82, 2.24) is 10.0 Å². The van der Waals surface area contributed by atoms with Crippen LogP contribution in [-0.4, -0.2) is 67.7 Å². The van der Waals surface area contributed by atoms with Crippen LogP contribution >= 0.6 is 0 Å². The van der Waals surface area contributed by atoms with Crippen LogP contribution in [0.15, 0.2) is 60.7 Å². The monoisotopic (exact) mass is 457 g/mol. The second kappa shape index (κ2) is 9.43. The molecule has 2 aromatic carbocycles. The molecule has 1 aliphatic heterocycles. The van der Waals surface area contributed by atoms with Crippen LogP contribution in [0.4, 0.5) is 9.59 Å². The predicted octanol–water partition coefficient (Wildman–Crippen LogP) is 1.70. The van der Waals surface area contributed by atoms with Crippen molar-refractivity contribution in [2.75, 3.05) is 0 Å². The highest BCUT2D eigenvalue weighted by molar-refractivity contribution is 5.76. The van der Waals surface area contributed by atoms with E-state index in [9.17, 15) is 29.9 Å². The van der Waals surface area contributed by atoms with Crippen LogP contribution in [0.3, 0.4) is 0 Å². The molecule has 0 aromatic heterocycles. The van der Waals surface area contributed by atoms with Crippen LogP contribution in [0.25, 0.3) is 0 Å². The third-order valence-electron chi connectivity index (χ3n) is 5.86. The van der Waals surface area contributed by atoms with E-state index in [2.05, 4.69) is 0 Å². The summed E-state index contributed by atoms with van der Waals surface area (Å²) in [5, 5.41) is 34.3. The number of rotatable bonds is 5. The van der Waals surface area contributed by atoms with Gasteiger partial charge in [-0.05, 0) is 17.5 Å². The number of aliphatic hydroxyl groups is 2. The molecule has 1 unspecified atom stereocenters. The zero-order valence-electron chi connectivity index (χ0n) is 17.5. The minimum atomic E-state index is -1.77. The number of amides is 2. The minimum absolute atomic E-state index is 0.0620. The average molecular weight is 457 g/mol. The molecule has 11 nitrogen and oxygen atoms in total. The lowest BCUT2D eigenvalue weighted by molar-refractivity contribution is -0.550. The summed E-state index contributed by atoms with van der Waals surface area (Å²) < 4.78 is 10.6. The van der Waals surface area contributed by atoms with Crippen molar-refractivity contribution in [2.45, 2.75) is 50.0 Å². The molecule has 5 atom stereocenters. The molecule has 174 valence electrons. The van der Waals surface area contributed by atoms with Crippen molar-refractivity contribution < 1.29 is 34.2 Å². The summed E-state index contributed by atoms with van der Waals surface area (Å²) >= 11 is 0. The largest absolute Gasteiger partial charge is 0.443 e. The van der Waals surface area contributed by atoms with Gasteiger partial charge in [0, 0.05) is 4.92 Å². The zero-order valence-corrected chi connectivity index (χ0v) is 17.5. The quantitative estimate of drug-likeness (QED) is 0.510. The Balaban J connectivity index is 1.57. The molecule has 2 aliphatic rings. The lowest BCUT2D eigenvalue weighted by Gasteiger charge is -2.31. The highest BCUT2D eigenvalue weighted by Gasteiger charge is 2.63. The fraction of sp³-hybridized carbons (Fsp3) is 0.364. The Hall–Kier alpha value is -3.70. The van der Waals surface area contributed by atoms with Gasteiger partial charge in [-0.3, -0.25) is 10.1 Å². The Labute approximate surface area is 188 Å². The standard InChI is InChI=1S/C22H23N3O8/c26-19-16-11-17(20(27)18(19)25(30)31)24(22(29)33-13-15-9-5-2-6-10-15)23(16)21(28)32-12-14-7-3-1-4-8-14/h1-10,16-20,26-27H,11-13H2/t16-,17+,18?,19-,20-/m1/s1. The molecule has 2 aromatic rings. The van der Waals surface area contributed by atoms with Gasteiger partial charge >= 0.3 is 12.2 Å². The maximum absolute atomic E-state index is 13.0. The second-order valence-electron chi connectivity index (χ2n) is 7.90. The molecule has 2 bridgehead atoms. The van der Waals surface area contributed by atoms with Crippen molar-refractivity contribution in [2.24, 2.45) is 0 Å². The van der Waals surface area contributed by atoms with Crippen LogP contribution in [-0.2, 0) is 22.7 Å². The van der Waals surface area contributed by atoms with E-state index in [0.717, 1.165) is 10.0 Å². The molecule has 1 aliphatic carbocycles. The Morgan fingerprint density at radius 1 is 0.848 bits per heavy atom. The van der Waals surface area contributed by atoms with Crippen LogP contribution < -0.4 is 0 Å². The van der Waals surface area contributed by atoms with Crippen LogP contribution in [0.1, 0.15) is 17.5 Å². The number of benzene rings is 2. The number of carbonyl (C=O) groups is 2. The first-order valence-corrected chi connectivity index (χ1v) is 10.4. The van der Waals surface area contributed by atoms with E-state index >= 15 is 0 Å². The Morgan fingerprint density at radius 2 is 1.24 bits per heavy atom. The van der Waals surface area contributed by atoms with Crippen molar-refractivity contribution in [1.29, 1.82) is 0 Å². The first kappa shape index (κ1) is 22.5. The SMILES string of the molecule is O=C(OCc1ccccc1)N1[C@@H]2C[C@@H]([C@@H](O)C([N+](=O)[O-])[C@@H]2O)N1C(=O)OCc1ccccc1. The molecular formula is C22H23N3O8. The Kier molecular flexibility index (Phi) is 6.43. The number of nitrogens with zero attached hydrogens (tertiary/aromatic N) is 3. The summed E-state index contributed by atoms with van der Waals surface area (Å²) in [6, 6.07) is 13.6. The number of nitro groups is 1. The highest BCUT2D eigenvalue weighted by Crippen LogP contribution is 2.38. The third-order valence-corrected chi connectivity index (χ3v) is 5.86. The van der Waals surface area contributed by atoms with E-state index in [1.807, 2.05) is 0 Å². The van der Waals surface area contributed by atoms with Crippen LogP contribution in [0.5, 0.6) is 0 Å². The van der Waals surface area contributed by atoms with Gasteiger partial charge in [0.2, 0.25) is 0 Å². The van der Waals surface area contributed by atoms with Crippen molar-refractivity contribution in [3.05, 3.63) is 81.9 Å². The number of fused-ring (bicyclic) bond motifs is 2. The molecule has 1 heterocycles. The van der Waals surface area contributed by atoms with E-state index in [-0.39, 0.29) is 19.6 Å². The summed E-state index contributed by atoms with van der Waals surface area (Å²) in [5.74, 6) is 0. The van der Waals surface area contributed by atoms with Crippen molar-refractivity contribution in [3.8, 4) is 0 Å². The van der Waals surface area contributed by atoms with Crippen LogP contribution in [0, 0.1) is 10.1 Å². The lowest BCUT2D eigenvalue weighted by atomic mass is 9.84. The molecular weight excluding hydrogens is 434 g/mol. The van der Waals surface area contributed by atoms with Crippen molar-refractivity contribution in [3.63, 3.8) is 0 Å². The molecule has 2 N–H and O–H groups in total. The topological polar surface area (TPSA) is 143 Å². The van der Waals surface area contributed by atoms with E-state index in [1.165, 1.54) is 0 Å². The average Bonchev–Trinajstić information content (AvgIpc) is 3.19. The first-order valence-electron chi connectivity index (χ1n) is 10.4. The summed E-state index contributed by atoms with van der Waals surface area (Å²) in [7, 11) is 0. The summed E-state index contributed by atoms with van der Waals surface area (Å²) in [6.07, 6.45) is -5.45. The number of hydrazine groups is 1. The summed E-state index contributed by atoms with van der Waals surface area (Å²) in [6.45, 7) is -0.227. The molecule has 0 spiro atoms. The third kappa shape index (κ3) is 4.45. The summed E-state index contributed by atoms with van der Waals surface area (Å²) in [5.41, 5.74) is 1.38. The number of aliphatic hydroxyl groups excluding tert-OH is 2. The molecule has 1 saturated carbocycles. The number of hydrogen-bond acceptors (Lipinski definition) is 8. The zero-order chi connectivity index (χ0) is 23.5. The van der Waals surface area contributed by atoms with Gasteiger partial charge in [-0.1, -0.05) is 60.7 Å². The highest BCUT2D eigenvalue weighted by atomic mass is 16.6. The van der Waals surface area contributed by atoms with Crippen LogP contribution in [0.2, 0.25) is 0 Å². The second-order valence-corrected chi connectivity index (χ2v) is 7.90. The molecule has 0 radical (unpaired) electrons. The van der Waals surface area contributed by atoms with E-state index in [0.29, 0.717) is 11.1 Å². The first-order chi connectivity index (χ1) is 15.9. The normalized spacial score (nSPS) is 26.1. The predicted molar refractivity (Wildman–Crippen MR) is 112 cm³/mol. The van der Waals surface area contributed by atoms with E-state index in [4.69, 9.17) is 9.47 Å². The van der Waals surface area contributed by atoms with Gasteiger partial charge in [-0.25, -0.2) is 19.6 Å². The number of ether oxygens (including phenoxy) is 2. The maximum atomic E-state index is 13.0. The fourth-order valence-electron chi connectivity index (χ4n) is 4.26. The van der Waals surface area contributed by atoms with Gasteiger partial charge in [0.1, 0.15) is 25.4 Å². The molecule has 4 rings (SSSR count). The Bertz CT molecular complexity index is 932. The fourth-order valence-corrected chi connectivity index (χ4v) is 4.26. The minimum Gasteiger partial charge on any atom is -0.443 e. The van der Waals surface area contributed by atoms with Gasteiger partial charge in [0.05, 0.1) is 12.1 Å². The smallest absolute Gasteiger partial charge is 0.429 e. The summed E-state index contributed by atoms with van der Waals surface area (Å²) in [4.78, 5) is 36.6. The van der Waals surface area contributed by atoms with Crippen molar-refractivity contribution >= 4 is 12.2 Å². The van der Waals surface area contributed by atoms with Gasteiger partial charge in [-0.2, -0.15) is 0 Å². The number of carbonyl (C=O) groups excluding carboxylic acids is 2. The van der Waals surface area contributed by atoms with Gasteiger partial charge in [-0.15, -0.1) is 0 Å². The number of hydrogen-bond donors (Lipinski definition) is 2. The molecule has 1 saturated heterocycles. The van der Waals surface area contributed by atoms with Gasteiger partial charge in [0.15, 0.2) is 0 Å². The Morgan fingerprint density at radius 3 is 1.61 bits per heavy atom. The lowest BCUT2D eigenvalue weighted by Crippen LogP contribution is -2.57. The molecule has 2 fully saturated rings. The van der Waals surface area contributed by atoms with E-state index in [1.54, 1.807) is 60.7 Å². The molecule has 33 heavy (non-hydrogen) atoms. The van der Waals surface area contributed by atoms with Gasteiger partial charge in [0.25, 0.3) is 6.04 Å². The maximum Gasteiger partial charge on any atom is 0.429 e.